The number of amides is 2. The molecule has 3 N–H and O–H groups in total. The summed E-state index contributed by atoms with van der Waals surface area (Å²) in [6, 6.07) is 4.66. The fraction of sp³-hybridized carbons (Fsp3) is 0.429. The van der Waals surface area contributed by atoms with Gasteiger partial charge in [-0.1, -0.05) is 26.8 Å². The molecule has 2 amide bonds. The van der Waals surface area contributed by atoms with Crippen molar-refractivity contribution in [1.29, 1.82) is 0 Å². The van der Waals surface area contributed by atoms with Crippen molar-refractivity contribution in [3.63, 3.8) is 0 Å². The number of fused-ring (bicyclic) bond motifs is 1. The van der Waals surface area contributed by atoms with Crippen molar-refractivity contribution >= 4 is 11.8 Å². The molecule has 3 atom stereocenters. The topological polar surface area (TPSA) is 114 Å². The first-order valence-corrected chi connectivity index (χ1v) is 10.0. The first-order valence-electron chi connectivity index (χ1n) is 10.0. The van der Waals surface area contributed by atoms with Crippen molar-refractivity contribution in [3.05, 3.63) is 48.0 Å². The van der Waals surface area contributed by atoms with Crippen LogP contribution >= 0.6 is 0 Å². The summed E-state index contributed by atoms with van der Waals surface area (Å²) in [6.07, 6.45) is -1.43. The number of aromatic nitrogens is 2. The second-order valence-corrected chi connectivity index (χ2v) is 8.71. The molecule has 0 aliphatic carbocycles. The van der Waals surface area contributed by atoms with Crippen LogP contribution in [0, 0.1) is 5.41 Å². The molecule has 2 aromatic rings. The Morgan fingerprint density at radius 3 is 2.59 bits per heavy atom. The molecule has 170 valence electrons. The molecule has 0 saturated carbocycles. The molecule has 1 fully saturated rings. The van der Waals surface area contributed by atoms with Crippen LogP contribution in [0.3, 0.4) is 0 Å². The zero-order chi connectivity index (χ0) is 23.1. The van der Waals surface area contributed by atoms with Gasteiger partial charge in [-0.3, -0.25) is 14.9 Å². The highest BCUT2D eigenvalue weighted by Crippen LogP contribution is 2.44. The minimum atomic E-state index is -3.73. The number of halogens is 2. The lowest BCUT2D eigenvalue weighted by molar-refractivity contribution is -0.286. The zero-order valence-corrected chi connectivity index (χ0v) is 17.7. The molecule has 0 spiro atoms. The number of hydrogen-bond acceptors (Lipinski definition) is 7. The van der Waals surface area contributed by atoms with E-state index in [1.807, 2.05) is 20.8 Å². The predicted octanol–water partition coefficient (Wildman–Crippen LogP) is 2.18. The van der Waals surface area contributed by atoms with Crippen molar-refractivity contribution in [2.45, 2.75) is 51.7 Å². The van der Waals surface area contributed by atoms with Gasteiger partial charge in [0, 0.05) is 12.4 Å². The lowest BCUT2D eigenvalue weighted by Crippen LogP contribution is -2.57. The number of hydrogen-bond donors (Lipinski definition) is 3. The molecule has 32 heavy (non-hydrogen) atoms. The molecule has 4 rings (SSSR count). The van der Waals surface area contributed by atoms with E-state index in [2.05, 4.69) is 35.4 Å². The summed E-state index contributed by atoms with van der Waals surface area (Å²) in [6.45, 7) is 5.70. The molecule has 0 bridgehead atoms. The number of carbonyl (C=O) groups is 2. The highest BCUT2D eigenvalue weighted by atomic mass is 19.3. The number of nitrogens with one attached hydrogen (secondary N) is 3. The van der Waals surface area contributed by atoms with Crippen molar-refractivity contribution in [2.24, 2.45) is 5.41 Å². The van der Waals surface area contributed by atoms with Crippen LogP contribution in [0.25, 0.3) is 0 Å². The number of nitrogens with zero attached hydrogens (tertiary/aromatic N) is 2. The summed E-state index contributed by atoms with van der Waals surface area (Å²) < 4.78 is 35.8. The molecule has 3 heterocycles. The van der Waals surface area contributed by atoms with Crippen molar-refractivity contribution in [2.75, 3.05) is 0 Å². The fourth-order valence-electron chi connectivity index (χ4n) is 3.66. The van der Waals surface area contributed by atoms with Crippen LogP contribution in [0.1, 0.15) is 50.8 Å². The number of ether oxygens (including phenoxy) is 2. The van der Waals surface area contributed by atoms with Gasteiger partial charge in [-0.05, 0) is 29.2 Å². The molecular formula is C21H23F2N5O4. The highest BCUT2D eigenvalue weighted by molar-refractivity contribution is 5.89. The number of alkyl halides is 2. The van der Waals surface area contributed by atoms with Crippen LogP contribution in [0.5, 0.6) is 11.5 Å². The fourth-order valence-corrected chi connectivity index (χ4v) is 3.66. The molecular weight excluding hydrogens is 424 g/mol. The van der Waals surface area contributed by atoms with Gasteiger partial charge >= 0.3 is 6.29 Å². The molecule has 9 nitrogen and oxygen atoms in total. The molecule has 2 aliphatic heterocycles. The van der Waals surface area contributed by atoms with Crippen molar-refractivity contribution < 1.29 is 27.8 Å². The van der Waals surface area contributed by atoms with Gasteiger partial charge < -0.3 is 20.1 Å². The minimum absolute atomic E-state index is 0.0700. The third-order valence-corrected chi connectivity index (χ3v) is 5.13. The second-order valence-electron chi connectivity index (χ2n) is 8.71. The van der Waals surface area contributed by atoms with E-state index in [-0.39, 0.29) is 23.8 Å². The Morgan fingerprint density at radius 2 is 1.91 bits per heavy atom. The first kappa shape index (κ1) is 21.9. The standard InChI is InChI=1S/C21H23F2N5O4/c1-20(2,3)16(11-5-6-13-14(9-11)32-21(22,23)31-13)28-19(30)12-10-15(29)27-18(26-12)17-24-7-4-8-25-17/h4-9,12,16,18,26H,10H2,1-3H3,(H,27,29)(H,28,30)/t12?,16-,18?/m0/s1. The lowest BCUT2D eigenvalue weighted by Gasteiger charge is -2.35. The van der Waals surface area contributed by atoms with Gasteiger partial charge in [0.2, 0.25) is 11.8 Å². The van der Waals surface area contributed by atoms with Crippen LogP contribution in [-0.2, 0) is 9.59 Å². The monoisotopic (exact) mass is 447 g/mol. The van der Waals surface area contributed by atoms with Gasteiger partial charge in [0.1, 0.15) is 6.17 Å². The largest absolute Gasteiger partial charge is 0.586 e. The Kier molecular flexibility index (Phi) is 5.45. The Bertz CT molecular complexity index is 1030. The third-order valence-electron chi connectivity index (χ3n) is 5.13. The molecule has 2 aliphatic rings. The summed E-state index contributed by atoms with van der Waals surface area (Å²) in [7, 11) is 0. The molecule has 0 radical (unpaired) electrons. The Balaban J connectivity index is 1.54. The van der Waals surface area contributed by atoms with Gasteiger partial charge in [0.05, 0.1) is 18.5 Å². The molecule has 1 aromatic carbocycles. The van der Waals surface area contributed by atoms with E-state index < -0.39 is 35.9 Å². The van der Waals surface area contributed by atoms with Crippen LogP contribution in [0.15, 0.2) is 36.7 Å². The zero-order valence-electron chi connectivity index (χ0n) is 17.7. The Hall–Kier alpha value is -3.34. The summed E-state index contributed by atoms with van der Waals surface area (Å²) in [5.74, 6) is -0.577. The summed E-state index contributed by atoms with van der Waals surface area (Å²) in [4.78, 5) is 33.6. The maximum Gasteiger partial charge on any atom is 0.586 e. The molecule has 1 aromatic heterocycles. The number of benzene rings is 1. The van der Waals surface area contributed by atoms with Gasteiger partial charge in [-0.25, -0.2) is 9.97 Å². The maximum absolute atomic E-state index is 13.4. The van der Waals surface area contributed by atoms with E-state index in [0.29, 0.717) is 11.4 Å². The lowest BCUT2D eigenvalue weighted by atomic mass is 9.82. The third kappa shape index (κ3) is 4.62. The minimum Gasteiger partial charge on any atom is -0.395 e. The van der Waals surface area contributed by atoms with Crippen LogP contribution < -0.4 is 25.4 Å². The summed E-state index contributed by atoms with van der Waals surface area (Å²) in [5.41, 5.74) is 0.0826. The van der Waals surface area contributed by atoms with E-state index in [9.17, 15) is 18.4 Å². The molecule has 11 heteroatoms. The van der Waals surface area contributed by atoms with Crippen LogP contribution in [0.4, 0.5) is 8.78 Å². The van der Waals surface area contributed by atoms with Gasteiger partial charge in [0.15, 0.2) is 17.3 Å². The molecule has 2 unspecified atom stereocenters. The molecule has 1 saturated heterocycles. The van der Waals surface area contributed by atoms with E-state index in [0.717, 1.165) is 0 Å². The quantitative estimate of drug-likeness (QED) is 0.658. The van der Waals surface area contributed by atoms with Gasteiger partial charge in [-0.2, -0.15) is 0 Å². The number of carbonyl (C=O) groups excluding carboxylic acids is 2. The van der Waals surface area contributed by atoms with Crippen LogP contribution in [-0.4, -0.2) is 34.1 Å². The average molecular weight is 447 g/mol. The van der Waals surface area contributed by atoms with Crippen molar-refractivity contribution in [3.8, 4) is 11.5 Å². The van der Waals surface area contributed by atoms with E-state index in [1.54, 1.807) is 24.5 Å². The van der Waals surface area contributed by atoms with Crippen molar-refractivity contribution in [1.82, 2.24) is 25.9 Å². The average Bonchev–Trinajstić information content (AvgIpc) is 3.04. The Morgan fingerprint density at radius 1 is 1.22 bits per heavy atom. The summed E-state index contributed by atoms with van der Waals surface area (Å²) in [5, 5.41) is 8.70. The van der Waals surface area contributed by atoms with E-state index in [4.69, 9.17) is 0 Å². The summed E-state index contributed by atoms with van der Waals surface area (Å²) >= 11 is 0. The van der Waals surface area contributed by atoms with E-state index >= 15 is 0 Å². The second kappa shape index (κ2) is 7.97. The Labute approximate surface area is 182 Å². The number of rotatable bonds is 4. The van der Waals surface area contributed by atoms with E-state index in [1.165, 1.54) is 12.1 Å². The van der Waals surface area contributed by atoms with Crippen LogP contribution in [0.2, 0.25) is 0 Å². The SMILES string of the molecule is CC(C)(C)[C@@H](NC(=O)C1CC(=O)NC(c2ncccn2)N1)c1ccc2c(c1)OC(F)(F)O2. The predicted molar refractivity (Wildman–Crippen MR) is 107 cm³/mol. The normalized spacial score (nSPS) is 22.7. The smallest absolute Gasteiger partial charge is 0.395 e. The van der Waals surface area contributed by atoms with Gasteiger partial charge in [-0.15, -0.1) is 8.78 Å². The van der Waals surface area contributed by atoms with Gasteiger partial charge in [0.25, 0.3) is 0 Å². The first-order chi connectivity index (χ1) is 15.0. The highest BCUT2D eigenvalue weighted by Gasteiger charge is 2.44. The maximum atomic E-state index is 13.4.